The molecule has 1 unspecified atom stereocenters. The van der Waals surface area contributed by atoms with Crippen molar-refractivity contribution >= 4 is 23.5 Å². The molecule has 1 aromatic carbocycles. The van der Waals surface area contributed by atoms with E-state index in [4.69, 9.17) is 4.74 Å². The van der Waals surface area contributed by atoms with Crippen LogP contribution in [0.5, 0.6) is 5.75 Å². The van der Waals surface area contributed by atoms with Gasteiger partial charge in [-0.05, 0) is 30.5 Å². The van der Waals surface area contributed by atoms with Crippen LogP contribution < -0.4 is 15.4 Å². The first kappa shape index (κ1) is 17.0. The molecule has 1 atom stereocenters. The van der Waals surface area contributed by atoms with E-state index in [0.717, 1.165) is 16.9 Å². The number of nitrogens with zero attached hydrogens (tertiary/aromatic N) is 2. The van der Waals surface area contributed by atoms with Crippen molar-refractivity contribution in [3.05, 3.63) is 35.4 Å². The highest BCUT2D eigenvalue weighted by molar-refractivity contribution is 5.98. The van der Waals surface area contributed by atoms with Crippen molar-refractivity contribution in [1.82, 2.24) is 9.78 Å². The van der Waals surface area contributed by atoms with Gasteiger partial charge < -0.3 is 15.4 Å². The van der Waals surface area contributed by atoms with Gasteiger partial charge in [0.2, 0.25) is 11.8 Å². The topological polar surface area (TPSA) is 85.2 Å². The Morgan fingerprint density at radius 3 is 2.80 bits per heavy atom. The number of benzene rings is 1. The molecule has 1 aliphatic heterocycles. The molecule has 0 bridgehead atoms. The number of carbonyl (C=O) groups excluding carboxylic acids is 2. The third-order valence-electron chi connectivity index (χ3n) is 4.18. The lowest BCUT2D eigenvalue weighted by molar-refractivity contribution is -0.117. The van der Waals surface area contributed by atoms with Crippen molar-refractivity contribution in [3.8, 4) is 5.75 Å². The maximum absolute atomic E-state index is 12.4. The van der Waals surface area contributed by atoms with Crippen LogP contribution in [0, 0.1) is 0 Å². The molecule has 25 heavy (non-hydrogen) atoms. The third-order valence-corrected chi connectivity index (χ3v) is 4.18. The van der Waals surface area contributed by atoms with E-state index in [1.807, 2.05) is 38.1 Å². The first-order valence-corrected chi connectivity index (χ1v) is 8.36. The van der Waals surface area contributed by atoms with Gasteiger partial charge in [0.15, 0.2) is 5.82 Å². The molecule has 132 valence electrons. The summed E-state index contributed by atoms with van der Waals surface area (Å²) in [5.41, 5.74) is 1.77. The summed E-state index contributed by atoms with van der Waals surface area (Å²) < 4.78 is 6.99. The molecule has 0 fully saturated rings. The SMILES string of the molecule is CCOc1ccc(CC(=O)Nc2nn(C)c3c2C(C)CC(=O)N3)cc1. The van der Waals surface area contributed by atoms with Gasteiger partial charge in [0.25, 0.3) is 0 Å². The van der Waals surface area contributed by atoms with Gasteiger partial charge in [0, 0.05) is 19.0 Å². The van der Waals surface area contributed by atoms with E-state index in [0.29, 0.717) is 24.7 Å². The van der Waals surface area contributed by atoms with Crippen LogP contribution in [0.4, 0.5) is 11.6 Å². The van der Waals surface area contributed by atoms with Crippen LogP contribution >= 0.6 is 0 Å². The summed E-state index contributed by atoms with van der Waals surface area (Å²) in [4.78, 5) is 24.1. The molecule has 3 rings (SSSR count). The van der Waals surface area contributed by atoms with Gasteiger partial charge in [-0.25, -0.2) is 0 Å². The summed E-state index contributed by atoms with van der Waals surface area (Å²) in [6.45, 7) is 4.50. The molecule has 2 amide bonds. The molecule has 2 aromatic rings. The standard InChI is InChI=1S/C18H22N4O3/c1-4-25-13-7-5-12(6-8-13)10-15(24)19-17-16-11(2)9-14(23)20-18(16)22(3)21-17/h5-8,11H,4,9-10H2,1-3H3,(H,20,23)(H,19,21,24). The number of hydrogen-bond acceptors (Lipinski definition) is 4. The van der Waals surface area contributed by atoms with Gasteiger partial charge in [-0.3, -0.25) is 14.3 Å². The predicted octanol–water partition coefficient (Wildman–Crippen LogP) is 2.45. The number of ether oxygens (including phenoxy) is 1. The van der Waals surface area contributed by atoms with Crippen molar-refractivity contribution in [2.24, 2.45) is 7.05 Å². The summed E-state index contributed by atoms with van der Waals surface area (Å²) in [6.07, 6.45) is 0.638. The van der Waals surface area contributed by atoms with Crippen molar-refractivity contribution in [2.45, 2.75) is 32.6 Å². The normalized spacial score (nSPS) is 16.1. The Kier molecular flexibility index (Phi) is 4.74. The Balaban J connectivity index is 1.71. The average Bonchev–Trinajstić information content (AvgIpc) is 2.85. The summed E-state index contributed by atoms with van der Waals surface area (Å²) in [7, 11) is 1.75. The summed E-state index contributed by atoms with van der Waals surface area (Å²) in [6, 6.07) is 7.46. The van der Waals surface area contributed by atoms with Crippen molar-refractivity contribution < 1.29 is 14.3 Å². The molecule has 0 saturated carbocycles. The molecular formula is C18H22N4O3. The summed E-state index contributed by atoms with van der Waals surface area (Å²) >= 11 is 0. The third kappa shape index (κ3) is 3.65. The van der Waals surface area contributed by atoms with E-state index in [2.05, 4.69) is 15.7 Å². The second-order valence-electron chi connectivity index (χ2n) is 6.19. The molecule has 7 nitrogen and oxygen atoms in total. The van der Waals surface area contributed by atoms with Gasteiger partial charge in [-0.1, -0.05) is 19.1 Å². The smallest absolute Gasteiger partial charge is 0.230 e. The Hall–Kier alpha value is -2.83. The number of aromatic nitrogens is 2. The lowest BCUT2D eigenvalue weighted by atomic mass is 9.95. The number of fused-ring (bicyclic) bond motifs is 1. The number of aryl methyl sites for hydroxylation is 1. The summed E-state index contributed by atoms with van der Waals surface area (Å²) in [5.74, 6) is 1.79. The zero-order valence-corrected chi connectivity index (χ0v) is 14.6. The molecule has 0 radical (unpaired) electrons. The zero-order valence-electron chi connectivity index (χ0n) is 14.6. The zero-order chi connectivity index (χ0) is 18.0. The fraction of sp³-hybridized carbons (Fsp3) is 0.389. The number of amides is 2. The maximum atomic E-state index is 12.4. The molecule has 0 aliphatic carbocycles. The molecule has 0 spiro atoms. The number of carbonyl (C=O) groups is 2. The second-order valence-corrected chi connectivity index (χ2v) is 6.19. The van der Waals surface area contributed by atoms with E-state index in [1.165, 1.54) is 0 Å². The number of rotatable bonds is 5. The Bertz CT molecular complexity index is 795. The fourth-order valence-corrected chi connectivity index (χ4v) is 3.04. The minimum absolute atomic E-state index is 0.0122. The fourth-order valence-electron chi connectivity index (χ4n) is 3.04. The molecule has 7 heteroatoms. The molecule has 0 saturated heterocycles. The van der Waals surface area contributed by atoms with Gasteiger partial charge in [-0.15, -0.1) is 0 Å². The molecule has 1 aliphatic rings. The molecule has 2 heterocycles. The van der Waals surface area contributed by atoms with Crippen molar-refractivity contribution in [2.75, 3.05) is 17.2 Å². The van der Waals surface area contributed by atoms with E-state index in [1.54, 1.807) is 11.7 Å². The van der Waals surface area contributed by atoms with E-state index in [-0.39, 0.29) is 24.2 Å². The first-order chi connectivity index (χ1) is 12.0. The minimum atomic E-state index is -0.144. The number of anilines is 2. The Labute approximate surface area is 146 Å². The van der Waals surface area contributed by atoms with Crippen LogP contribution in [-0.4, -0.2) is 28.2 Å². The quantitative estimate of drug-likeness (QED) is 0.874. The summed E-state index contributed by atoms with van der Waals surface area (Å²) in [5, 5.41) is 10.0. The van der Waals surface area contributed by atoms with Gasteiger partial charge in [0.1, 0.15) is 11.6 Å². The average molecular weight is 342 g/mol. The van der Waals surface area contributed by atoms with Crippen LogP contribution in [0.25, 0.3) is 0 Å². The minimum Gasteiger partial charge on any atom is -0.494 e. The second kappa shape index (κ2) is 6.96. The van der Waals surface area contributed by atoms with Crippen molar-refractivity contribution in [1.29, 1.82) is 0 Å². The van der Waals surface area contributed by atoms with Gasteiger partial charge >= 0.3 is 0 Å². The highest BCUT2D eigenvalue weighted by atomic mass is 16.5. The van der Waals surface area contributed by atoms with Crippen molar-refractivity contribution in [3.63, 3.8) is 0 Å². The lowest BCUT2D eigenvalue weighted by Gasteiger charge is -2.20. The monoisotopic (exact) mass is 342 g/mol. The Morgan fingerprint density at radius 1 is 1.40 bits per heavy atom. The van der Waals surface area contributed by atoms with Crippen LogP contribution in [0.3, 0.4) is 0 Å². The molecular weight excluding hydrogens is 320 g/mol. The van der Waals surface area contributed by atoms with Gasteiger partial charge in [-0.2, -0.15) is 5.10 Å². The number of hydrogen-bond donors (Lipinski definition) is 2. The van der Waals surface area contributed by atoms with E-state index in [9.17, 15) is 9.59 Å². The highest BCUT2D eigenvalue weighted by Crippen LogP contribution is 2.36. The van der Waals surface area contributed by atoms with Crippen LogP contribution in [0.1, 0.15) is 37.3 Å². The van der Waals surface area contributed by atoms with E-state index < -0.39 is 0 Å². The first-order valence-electron chi connectivity index (χ1n) is 8.36. The van der Waals surface area contributed by atoms with E-state index >= 15 is 0 Å². The number of nitrogens with one attached hydrogen (secondary N) is 2. The van der Waals surface area contributed by atoms with Gasteiger partial charge in [0.05, 0.1) is 13.0 Å². The highest BCUT2D eigenvalue weighted by Gasteiger charge is 2.29. The van der Waals surface area contributed by atoms with Crippen LogP contribution in [0.15, 0.2) is 24.3 Å². The largest absolute Gasteiger partial charge is 0.494 e. The molecule has 1 aromatic heterocycles. The van der Waals surface area contributed by atoms with Crippen LogP contribution in [0.2, 0.25) is 0 Å². The van der Waals surface area contributed by atoms with Crippen LogP contribution in [-0.2, 0) is 23.1 Å². The predicted molar refractivity (Wildman–Crippen MR) is 94.8 cm³/mol. The lowest BCUT2D eigenvalue weighted by Crippen LogP contribution is -2.23. The Morgan fingerprint density at radius 2 is 2.12 bits per heavy atom. The maximum Gasteiger partial charge on any atom is 0.230 e. The molecule has 2 N–H and O–H groups in total.